The van der Waals surface area contributed by atoms with Gasteiger partial charge in [0.2, 0.25) is 5.91 Å². The minimum absolute atomic E-state index is 0.124. The van der Waals surface area contributed by atoms with Crippen molar-refractivity contribution in [3.63, 3.8) is 0 Å². The number of nitrogens with one attached hydrogen (secondary N) is 1. The van der Waals surface area contributed by atoms with Gasteiger partial charge in [0.05, 0.1) is 0 Å². The molecule has 0 saturated carbocycles. The van der Waals surface area contributed by atoms with Crippen molar-refractivity contribution in [2.75, 3.05) is 13.2 Å². The van der Waals surface area contributed by atoms with Crippen molar-refractivity contribution in [2.24, 2.45) is 5.73 Å². The monoisotopic (exact) mass is 248 g/mol. The minimum atomic E-state index is -0.793. The van der Waals surface area contributed by atoms with Crippen LogP contribution in [0.2, 0.25) is 0 Å². The molecule has 0 aromatic heterocycles. The van der Waals surface area contributed by atoms with E-state index in [1.807, 2.05) is 6.07 Å². The van der Waals surface area contributed by atoms with Gasteiger partial charge >= 0.3 is 5.97 Å². The number of carbonyl (C=O) groups is 2. The molecule has 3 N–H and O–H groups in total. The summed E-state index contributed by atoms with van der Waals surface area (Å²) in [5, 5.41) is 2.42. The van der Waals surface area contributed by atoms with Gasteiger partial charge in [-0.2, -0.15) is 0 Å². The van der Waals surface area contributed by atoms with Crippen LogP contribution in [-0.2, 0) is 14.3 Å². The first kappa shape index (κ1) is 13.9. The lowest BCUT2D eigenvalue weighted by Gasteiger charge is -2.11. The van der Waals surface area contributed by atoms with Crippen LogP contribution in [0.1, 0.15) is 11.6 Å². The molecule has 5 nitrogen and oxygen atoms in total. The van der Waals surface area contributed by atoms with Crippen LogP contribution in [0.25, 0.3) is 0 Å². The van der Waals surface area contributed by atoms with E-state index in [9.17, 15) is 9.59 Å². The van der Waals surface area contributed by atoms with E-state index in [1.165, 1.54) is 6.08 Å². The van der Waals surface area contributed by atoms with E-state index in [0.29, 0.717) is 5.56 Å². The largest absolute Gasteiger partial charge is 0.460 e. The van der Waals surface area contributed by atoms with Crippen LogP contribution in [0.5, 0.6) is 0 Å². The van der Waals surface area contributed by atoms with Crippen LogP contribution >= 0.6 is 0 Å². The molecular formula is C13H16N2O3. The first-order chi connectivity index (χ1) is 8.65. The molecule has 0 radical (unpaired) electrons. The van der Waals surface area contributed by atoms with Crippen molar-refractivity contribution in [3.8, 4) is 0 Å². The van der Waals surface area contributed by atoms with Gasteiger partial charge in [-0.15, -0.1) is 0 Å². The number of nitrogens with two attached hydrogens (primary N) is 1. The highest BCUT2D eigenvalue weighted by Gasteiger charge is 2.16. The Morgan fingerprint density at radius 2 is 2.06 bits per heavy atom. The summed E-state index contributed by atoms with van der Waals surface area (Å²) in [6.45, 7) is 3.33. The molecule has 0 heterocycles. The van der Waals surface area contributed by atoms with E-state index >= 15 is 0 Å². The summed E-state index contributed by atoms with van der Waals surface area (Å²) in [6, 6.07) is 8.13. The molecule has 0 unspecified atom stereocenters. The minimum Gasteiger partial charge on any atom is -0.460 e. The fourth-order valence-electron chi connectivity index (χ4n) is 1.28. The molecule has 5 heteroatoms. The zero-order valence-electron chi connectivity index (χ0n) is 9.96. The molecule has 0 saturated heterocycles. The van der Waals surface area contributed by atoms with Gasteiger partial charge in [-0.25, -0.2) is 0 Å². The molecule has 0 fully saturated rings. The van der Waals surface area contributed by atoms with Gasteiger partial charge < -0.3 is 15.8 Å². The van der Waals surface area contributed by atoms with Crippen molar-refractivity contribution in [2.45, 2.75) is 6.04 Å². The fourth-order valence-corrected chi connectivity index (χ4v) is 1.28. The van der Waals surface area contributed by atoms with Crippen LogP contribution in [0.15, 0.2) is 43.0 Å². The van der Waals surface area contributed by atoms with Crippen LogP contribution in [-0.4, -0.2) is 25.0 Å². The summed E-state index contributed by atoms with van der Waals surface area (Å²) >= 11 is 0. The third kappa shape index (κ3) is 4.39. The fraction of sp³-hybridized carbons (Fsp3) is 0.231. The molecule has 18 heavy (non-hydrogen) atoms. The third-order valence-electron chi connectivity index (χ3n) is 2.21. The predicted molar refractivity (Wildman–Crippen MR) is 67.5 cm³/mol. The maximum Gasteiger partial charge on any atom is 0.325 e. The lowest BCUT2D eigenvalue weighted by Crippen LogP contribution is -2.37. The van der Waals surface area contributed by atoms with Crippen molar-refractivity contribution in [1.82, 2.24) is 5.32 Å². The molecular weight excluding hydrogens is 232 g/mol. The highest BCUT2D eigenvalue weighted by Crippen LogP contribution is 2.08. The third-order valence-corrected chi connectivity index (χ3v) is 2.21. The summed E-state index contributed by atoms with van der Waals surface area (Å²) < 4.78 is 4.71. The second kappa shape index (κ2) is 7.24. The Kier molecular flexibility index (Phi) is 5.60. The number of esters is 1. The lowest BCUT2D eigenvalue weighted by molar-refractivity contribution is -0.142. The summed E-state index contributed by atoms with van der Waals surface area (Å²) in [5.74, 6) is -0.944. The van der Waals surface area contributed by atoms with Gasteiger partial charge in [-0.3, -0.25) is 9.59 Å². The number of benzene rings is 1. The molecule has 0 bridgehead atoms. The maximum absolute atomic E-state index is 11.7. The van der Waals surface area contributed by atoms with E-state index in [2.05, 4.69) is 11.9 Å². The van der Waals surface area contributed by atoms with Crippen LogP contribution in [0, 0.1) is 0 Å². The number of carbonyl (C=O) groups excluding carboxylic acids is 2. The van der Waals surface area contributed by atoms with Gasteiger partial charge in [0.25, 0.3) is 0 Å². The van der Waals surface area contributed by atoms with Crippen molar-refractivity contribution < 1.29 is 14.3 Å². The smallest absolute Gasteiger partial charge is 0.325 e. The van der Waals surface area contributed by atoms with Crippen LogP contribution in [0.4, 0.5) is 0 Å². The summed E-state index contributed by atoms with van der Waals surface area (Å²) in [5.41, 5.74) is 6.43. The second-order valence-electron chi connectivity index (χ2n) is 3.58. The molecule has 1 atom stereocenters. The number of hydrogen-bond donors (Lipinski definition) is 2. The zero-order chi connectivity index (χ0) is 13.4. The van der Waals surface area contributed by atoms with Crippen molar-refractivity contribution in [3.05, 3.63) is 48.6 Å². The Morgan fingerprint density at radius 3 is 2.67 bits per heavy atom. The summed E-state index contributed by atoms with van der Waals surface area (Å²) in [4.78, 5) is 22.8. The lowest BCUT2D eigenvalue weighted by atomic mass is 10.1. The van der Waals surface area contributed by atoms with Gasteiger partial charge in [0.15, 0.2) is 0 Å². The number of hydrogen-bond acceptors (Lipinski definition) is 4. The average molecular weight is 248 g/mol. The standard InChI is InChI=1S/C13H16N2O3/c1-2-8-18-11(16)9-15-13(17)12(14)10-6-4-3-5-7-10/h2-7,12H,1,8-9,14H2,(H,15,17)/t12-/m0/s1. The number of ether oxygens (including phenoxy) is 1. The van der Waals surface area contributed by atoms with E-state index in [0.717, 1.165) is 0 Å². The Bertz CT molecular complexity index is 418. The molecule has 1 aromatic carbocycles. The van der Waals surface area contributed by atoms with Gasteiger partial charge in [0, 0.05) is 0 Å². The molecule has 1 aromatic rings. The second-order valence-corrected chi connectivity index (χ2v) is 3.58. The Hall–Kier alpha value is -2.14. The van der Waals surface area contributed by atoms with E-state index in [4.69, 9.17) is 10.5 Å². The molecule has 0 aliphatic carbocycles. The van der Waals surface area contributed by atoms with Crippen molar-refractivity contribution >= 4 is 11.9 Å². The molecule has 1 amide bonds. The quantitative estimate of drug-likeness (QED) is 0.568. The molecule has 0 aliphatic rings. The van der Waals surface area contributed by atoms with E-state index in [-0.39, 0.29) is 13.2 Å². The van der Waals surface area contributed by atoms with Crippen LogP contribution < -0.4 is 11.1 Å². The number of amides is 1. The molecule has 1 rings (SSSR count). The highest BCUT2D eigenvalue weighted by molar-refractivity contribution is 5.86. The average Bonchev–Trinajstić information content (AvgIpc) is 2.42. The van der Waals surface area contributed by atoms with Gasteiger partial charge in [-0.1, -0.05) is 43.0 Å². The Morgan fingerprint density at radius 1 is 1.39 bits per heavy atom. The SMILES string of the molecule is C=CCOC(=O)CNC(=O)[C@@H](N)c1ccccc1. The maximum atomic E-state index is 11.7. The first-order valence-corrected chi connectivity index (χ1v) is 5.50. The summed E-state index contributed by atoms with van der Waals surface area (Å²) in [7, 11) is 0. The molecule has 96 valence electrons. The first-order valence-electron chi connectivity index (χ1n) is 5.50. The Balaban J connectivity index is 2.41. The number of rotatable bonds is 6. The van der Waals surface area contributed by atoms with Gasteiger partial charge in [-0.05, 0) is 5.56 Å². The molecule has 0 spiro atoms. The topological polar surface area (TPSA) is 81.4 Å². The van der Waals surface area contributed by atoms with E-state index < -0.39 is 17.9 Å². The van der Waals surface area contributed by atoms with Crippen molar-refractivity contribution in [1.29, 1.82) is 0 Å². The summed E-state index contributed by atoms with van der Waals surface area (Å²) in [6.07, 6.45) is 1.45. The predicted octanol–water partition coefficient (Wildman–Crippen LogP) is 0.532. The Labute approximate surface area is 106 Å². The van der Waals surface area contributed by atoms with Crippen LogP contribution in [0.3, 0.4) is 0 Å². The molecule has 0 aliphatic heterocycles. The normalized spacial score (nSPS) is 11.4. The van der Waals surface area contributed by atoms with Gasteiger partial charge in [0.1, 0.15) is 19.2 Å². The van der Waals surface area contributed by atoms with E-state index in [1.54, 1.807) is 24.3 Å². The highest BCUT2D eigenvalue weighted by atomic mass is 16.5. The zero-order valence-corrected chi connectivity index (χ0v) is 9.96.